The van der Waals surface area contributed by atoms with Gasteiger partial charge < -0.3 is 15.5 Å². The first-order valence-corrected chi connectivity index (χ1v) is 15.9. The molecule has 4 unspecified atom stereocenters. The third-order valence-corrected chi connectivity index (χ3v) is 10.0. The smallest absolute Gasteiger partial charge is 0.382 e. The van der Waals surface area contributed by atoms with Gasteiger partial charge in [0.15, 0.2) is 0 Å². The Balaban J connectivity index is 1.39. The minimum atomic E-state index is -4.57. The summed E-state index contributed by atoms with van der Waals surface area (Å²) >= 11 is 0. The number of anilines is 2. The van der Waals surface area contributed by atoms with Crippen LogP contribution < -0.4 is 10.6 Å². The van der Waals surface area contributed by atoms with E-state index in [0.29, 0.717) is 18.0 Å². The number of halogens is 4. The minimum absolute atomic E-state index is 0.0120. The van der Waals surface area contributed by atoms with Crippen molar-refractivity contribution in [2.24, 2.45) is 11.8 Å². The molecule has 2 N–H and O–H groups in total. The number of benzene rings is 3. The van der Waals surface area contributed by atoms with Crippen molar-refractivity contribution >= 4 is 23.2 Å². The Morgan fingerprint density at radius 1 is 0.844 bits per heavy atom. The molecule has 6 rings (SSSR count). The van der Waals surface area contributed by atoms with Crippen LogP contribution in [0.4, 0.5) is 28.9 Å². The molecule has 3 aromatic carbocycles. The fraction of sp³-hybridized carbons (Fsp3) is 0.444. The number of alkyl halides is 3. The number of fused-ring (bicyclic) bond motifs is 1. The lowest BCUT2D eigenvalue weighted by molar-refractivity contribution is -0.138. The zero-order valence-corrected chi connectivity index (χ0v) is 25.6. The van der Waals surface area contributed by atoms with Gasteiger partial charge in [0.2, 0.25) is 5.91 Å². The number of hydrogen-bond acceptors (Lipinski definition) is 3. The van der Waals surface area contributed by atoms with Crippen LogP contribution in [0.5, 0.6) is 0 Å². The van der Waals surface area contributed by atoms with Gasteiger partial charge in [-0.05, 0) is 98.9 Å². The van der Waals surface area contributed by atoms with Gasteiger partial charge in [0.25, 0.3) is 5.91 Å². The first kappa shape index (κ1) is 31.1. The number of amides is 2. The Morgan fingerprint density at radius 2 is 1.56 bits per heavy atom. The van der Waals surface area contributed by atoms with E-state index in [9.17, 15) is 22.8 Å². The van der Waals surface area contributed by atoms with Crippen LogP contribution in [0, 0.1) is 31.5 Å². The molecule has 1 aliphatic heterocycles. The molecule has 0 spiro atoms. The second-order valence-electron chi connectivity index (χ2n) is 13.0. The largest absolute Gasteiger partial charge is 0.416 e. The van der Waals surface area contributed by atoms with E-state index in [1.54, 1.807) is 24.0 Å². The monoisotopic (exact) mass is 621 g/mol. The molecule has 5 nitrogen and oxygen atoms in total. The molecule has 1 saturated heterocycles. The van der Waals surface area contributed by atoms with E-state index in [2.05, 4.69) is 10.6 Å². The highest BCUT2D eigenvalue weighted by molar-refractivity contribution is 5.98. The van der Waals surface area contributed by atoms with Gasteiger partial charge in [0, 0.05) is 23.5 Å². The van der Waals surface area contributed by atoms with Crippen LogP contribution in [0.3, 0.4) is 0 Å². The summed E-state index contributed by atoms with van der Waals surface area (Å²) in [7, 11) is 0. The number of carbonyl (C=O) groups excluding carboxylic acids is 2. The van der Waals surface area contributed by atoms with Crippen molar-refractivity contribution in [3.05, 3.63) is 94.3 Å². The Labute approximate surface area is 261 Å². The number of piperidine rings is 1. The zero-order valence-electron chi connectivity index (χ0n) is 25.6. The molecular weight excluding hydrogens is 582 g/mol. The van der Waals surface area contributed by atoms with Crippen molar-refractivity contribution in [1.29, 1.82) is 0 Å². The van der Waals surface area contributed by atoms with Crippen LogP contribution in [-0.2, 0) is 11.0 Å². The second kappa shape index (κ2) is 12.5. The molecule has 2 amide bonds. The quantitative estimate of drug-likeness (QED) is 0.271. The summed E-state index contributed by atoms with van der Waals surface area (Å²) in [5.41, 5.74) is 1.48. The Kier molecular flexibility index (Phi) is 8.63. The lowest BCUT2D eigenvalue weighted by Crippen LogP contribution is -2.54. The average molecular weight is 622 g/mol. The molecule has 2 saturated carbocycles. The lowest BCUT2D eigenvalue weighted by atomic mass is 9.76. The number of rotatable bonds is 6. The summed E-state index contributed by atoms with van der Waals surface area (Å²) in [5.74, 6) is -2.29. The van der Waals surface area contributed by atoms with Gasteiger partial charge in [0.1, 0.15) is 5.82 Å². The molecule has 3 aromatic rings. The maximum Gasteiger partial charge on any atom is 0.416 e. The van der Waals surface area contributed by atoms with Gasteiger partial charge in [-0.15, -0.1) is 0 Å². The summed E-state index contributed by atoms with van der Waals surface area (Å²) in [6.45, 7) is 3.08. The van der Waals surface area contributed by atoms with Gasteiger partial charge in [-0.2, -0.15) is 13.2 Å². The molecule has 4 atom stereocenters. The van der Waals surface area contributed by atoms with Crippen LogP contribution in [0.2, 0.25) is 0 Å². The fourth-order valence-electron chi connectivity index (χ4n) is 7.79. The van der Waals surface area contributed by atoms with Crippen LogP contribution in [0.15, 0.2) is 60.7 Å². The first-order chi connectivity index (χ1) is 21.5. The van der Waals surface area contributed by atoms with Gasteiger partial charge in [-0.1, -0.05) is 49.6 Å². The van der Waals surface area contributed by atoms with Crippen molar-refractivity contribution in [1.82, 2.24) is 4.90 Å². The summed E-state index contributed by atoms with van der Waals surface area (Å²) < 4.78 is 56.3. The number of likely N-dealkylation sites (tertiary alicyclic amines) is 1. The van der Waals surface area contributed by atoms with Crippen LogP contribution in [0.25, 0.3) is 0 Å². The fourth-order valence-corrected chi connectivity index (χ4v) is 7.79. The second-order valence-corrected chi connectivity index (χ2v) is 13.0. The maximum absolute atomic E-state index is 15.3. The van der Waals surface area contributed by atoms with E-state index in [-0.39, 0.29) is 28.8 Å². The number of aryl methyl sites for hydroxylation is 2. The van der Waals surface area contributed by atoms with Crippen LogP contribution in [0.1, 0.15) is 90.0 Å². The number of nitrogens with zero attached hydrogens (tertiary/aromatic N) is 1. The SMILES string of the molecule is Cc1ccc(NC(=O)C2CC3CCCC3N(C(=O)c3c(C)cccc3F)C2c2ccc(NC3CCCC3)cc2)cc1C(F)(F)F. The summed E-state index contributed by atoms with van der Waals surface area (Å²) in [6, 6.07) is 15.5. The van der Waals surface area contributed by atoms with E-state index in [0.717, 1.165) is 49.4 Å². The van der Waals surface area contributed by atoms with E-state index in [1.165, 1.54) is 38.0 Å². The summed E-state index contributed by atoms with van der Waals surface area (Å²) in [4.78, 5) is 30.2. The van der Waals surface area contributed by atoms with Crippen molar-refractivity contribution in [2.75, 3.05) is 10.6 Å². The molecule has 1 heterocycles. The third kappa shape index (κ3) is 6.31. The van der Waals surface area contributed by atoms with Gasteiger partial charge in [-0.25, -0.2) is 4.39 Å². The van der Waals surface area contributed by atoms with Gasteiger partial charge >= 0.3 is 6.18 Å². The van der Waals surface area contributed by atoms with Gasteiger partial charge in [-0.3, -0.25) is 9.59 Å². The zero-order chi connectivity index (χ0) is 31.9. The van der Waals surface area contributed by atoms with Crippen molar-refractivity contribution in [3.8, 4) is 0 Å². The van der Waals surface area contributed by atoms with Crippen LogP contribution >= 0.6 is 0 Å². The van der Waals surface area contributed by atoms with Crippen molar-refractivity contribution < 1.29 is 27.2 Å². The summed E-state index contributed by atoms with van der Waals surface area (Å²) in [6.07, 6.45) is 2.92. The van der Waals surface area contributed by atoms with E-state index < -0.39 is 41.3 Å². The molecular formula is C36H39F4N3O2. The third-order valence-electron chi connectivity index (χ3n) is 10.0. The highest BCUT2D eigenvalue weighted by atomic mass is 19.4. The molecule has 0 bridgehead atoms. The molecule has 238 valence electrons. The van der Waals surface area contributed by atoms with Crippen molar-refractivity contribution in [3.63, 3.8) is 0 Å². The highest BCUT2D eigenvalue weighted by Crippen LogP contribution is 2.49. The first-order valence-electron chi connectivity index (χ1n) is 15.9. The molecule has 3 fully saturated rings. The molecule has 45 heavy (non-hydrogen) atoms. The maximum atomic E-state index is 15.3. The van der Waals surface area contributed by atoms with E-state index >= 15 is 4.39 Å². The normalized spacial score (nSPS) is 23.6. The van der Waals surface area contributed by atoms with E-state index in [1.807, 2.05) is 24.3 Å². The Hall–Kier alpha value is -3.88. The molecule has 2 aliphatic carbocycles. The Morgan fingerprint density at radius 3 is 2.24 bits per heavy atom. The van der Waals surface area contributed by atoms with E-state index in [4.69, 9.17) is 0 Å². The molecule has 3 aliphatic rings. The predicted octanol–water partition coefficient (Wildman–Crippen LogP) is 8.83. The number of nitrogens with one attached hydrogen (secondary N) is 2. The predicted molar refractivity (Wildman–Crippen MR) is 166 cm³/mol. The standard InChI is InChI=1S/C36H39F4N3O2/c1-21-13-16-27(20-29(21)36(38,39)40)42-34(44)28-19-24-8-6-12-31(24)43(35(45)32-22(2)7-5-11-30(32)37)33(28)23-14-17-26(18-15-23)41-25-9-3-4-10-25/h5,7,11,13-18,20,24-25,28,31,33,41H,3-4,6,8-10,12,19H2,1-2H3,(H,42,44). The topological polar surface area (TPSA) is 61.4 Å². The summed E-state index contributed by atoms with van der Waals surface area (Å²) in [5, 5.41) is 6.32. The molecule has 0 radical (unpaired) electrons. The number of carbonyl (C=O) groups is 2. The molecule has 0 aromatic heterocycles. The van der Waals surface area contributed by atoms with Crippen molar-refractivity contribution in [2.45, 2.75) is 89.5 Å². The van der Waals surface area contributed by atoms with Crippen LogP contribution in [-0.4, -0.2) is 28.8 Å². The average Bonchev–Trinajstić information content (AvgIpc) is 3.69. The minimum Gasteiger partial charge on any atom is -0.382 e. The van der Waals surface area contributed by atoms with Gasteiger partial charge in [0.05, 0.1) is 23.1 Å². The number of hydrogen-bond donors (Lipinski definition) is 2. The molecule has 9 heteroatoms. The Bertz CT molecular complexity index is 1550. The highest BCUT2D eigenvalue weighted by Gasteiger charge is 2.50. The lowest BCUT2D eigenvalue weighted by Gasteiger charge is -2.48.